The Morgan fingerprint density at radius 2 is 2.06 bits per heavy atom. The van der Waals surface area contributed by atoms with Crippen LogP contribution < -0.4 is 11.1 Å². The third kappa shape index (κ3) is 3.76. The van der Waals surface area contributed by atoms with Gasteiger partial charge in [-0.25, -0.2) is 0 Å². The molecule has 1 rings (SSSR count). The molecule has 0 aliphatic rings. The lowest BCUT2D eigenvalue weighted by Gasteiger charge is -2.07. The Bertz CT molecular complexity index is 393. The van der Waals surface area contributed by atoms with Crippen LogP contribution >= 0.6 is 0 Å². The maximum Gasteiger partial charge on any atom is 0.224 e. The summed E-state index contributed by atoms with van der Waals surface area (Å²) < 4.78 is 0. The summed E-state index contributed by atoms with van der Waals surface area (Å²) in [5.41, 5.74) is 7.57. The Labute approximate surface area is 96.0 Å². The molecule has 1 aromatic carbocycles. The number of amides is 1. The third-order valence-corrected chi connectivity index (χ3v) is 2.28. The van der Waals surface area contributed by atoms with Crippen LogP contribution in [0.4, 0.5) is 0 Å². The van der Waals surface area contributed by atoms with Gasteiger partial charge in [-0.05, 0) is 11.1 Å². The van der Waals surface area contributed by atoms with Crippen molar-refractivity contribution in [3.8, 4) is 12.3 Å². The Kier molecular flexibility index (Phi) is 5.10. The zero-order valence-electron chi connectivity index (χ0n) is 9.20. The lowest BCUT2D eigenvalue weighted by molar-refractivity contribution is -0.120. The van der Waals surface area contributed by atoms with Gasteiger partial charge < -0.3 is 11.1 Å². The van der Waals surface area contributed by atoms with Crippen molar-refractivity contribution in [3.05, 3.63) is 35.4 Å². The van der Waals surface area contributed by atoms with E-state index in [-0.39, 0.29) is 5.91 Å². The number of nitrogens with one attached hydrogen (secondary N) is 1. The van der Waals surface area contributed by atoms with E-state index in [1.165, 1.54) is 0 Å². The van der Waals surface area contributed by atoms with E-state index in [9.17, 15) is 4.79 Å². The summed E-state index contributed by atoms with van der Waals surface area (Å²) in [5.74, 6) is 2.46. The molecule has 0 radical (unpaired) electrons. The van der Waals surface area contributed by atoms with Crippen molar-refractivity contribution in [3.63, 3.8) is 0 Å². The molecule has 16 heavy (non-hydrogen) atoms. The van der Waals surface area contributed by atoms with Crippen molar-refractivity contribution in [2.45, 2.75) is 19.4 Å². The van der Waals surface area contributed by atoms with Gasteiger partial charge in [-0.2, -0.15) is 0 Å². The standard InChI is InChI=1S/C13H16N2O/c1-2-3-8-15-13(16)9-11-6-4-5-7-12(11)10-14/h1,4-7H,3,8-10,14H2,(H,15,16). The SMILES string of the molecule is C#CCCNC(=O)Cc1ccccc1CN. The number of benzene rings is 1. The molecule has 0 spiro atoms. The molecule has 0 fully saturated rings. The van der Waals surface area contributed by atoms with Crippen molar-refractivity contribution >= 4 is 5.91 Å². The number of carbonyl (C=O) groups excluding carboxylic acids is 1. The van der Waals surface area contributed by atoms with Crippen LogP contribution in [0.25, 0.3) is 0 Å². The second-order valence-corrected chi connectivity index (χ2v) is 3.45. The molecule has 3 heteroatoms. The molecule has 0 atom stereocenters. The first-order chi connectivity index (χ1) is 7.77. The number of rotatable bonds is 5. The van der Waals surface area contributed by atoms with Gasteiger partial charge >= 0.3 is 0 Å². The lowest BCUT2D eigenvalue weighted by atomic mass is 10.0. The van der Waals surface area contributed by atoms with Crippen molar-refractivity contribution in [1.29, 1.82) is 0 Å². The summed E-state index contributed by atoms with van der Waals surface area (Å²) in [5, 5.41) is 2.76. The number of hydrogen-bond acceptors (Lipinski definition) is 2. The number of terminal acetylenes is 1. The number of hydrogen-bond donors (Lipinski definition) is 2. The highest BCUT2D eigenvalue weighted by Gasteiger charge is 2.05. The molecule has 0 aromatic heterocycles. The molecule has 0 heterocycles. The molecule has 0 saturated carbocycles. The molecule has 0 aliphatic heterocycles. The van der Waals surface area contributed by atoms with Crippen LogP contribution in [-0.4, -0.2) is 12.5 Å². The first-order valence-corrected chi connectivity index (χ1v) is 5.25. The van der Waals surface area contributed by atoms with E-state index in [0.29, 0.717) is 25.9 Å². The molecule has 1 amide bonds. The molecular formula is C13H16N2O. The molecule has 3 nitrogen and oxygen atoms in total. The minimum absolute atomic E-state index is 0.0175. The fourth-order valence-electron chi connectivity index (χ4n) is 1.44. The monoisotopic (exact) mass is 216 g/mol. The van der Waals surface area contributed by atoms with Gasteiger partial charge in [0, 0.05) is 19.5 Å². The summed E-state index contributed by atoms with van der Waals surface area (Å²) in [4.78, 5) is 11.5. The van der Waals surface area contributed by atoms with Crippen LogP contribution in [0.1, 0.15) is 17.5 Å². The van der Waals surface area contributed by atoms with Crippen LogP contribution in [-0.2, 0) is 17.8 Å². The first kappa shape index (κ1) is 12.3. The minimum atomic E-state index is -0.0175. The maximum atomic E-state index is 11.5. The van der Waals surface area contributed by atoms with Crippen LogP contribution in [0.3, 0.4) is 0 Å². The van der Waals surface area contributed by atoms with Gasteiger partial charge in [-0.1, -0.05) is 24.3 Å². The fraction of sp³-hybridized carbons (Fsp3) is 0.308. The van der Waals surface area contributed by atoms with Gasteiger partial charge in [0.2, 0.25) is 5.91 Å². The molecule has 1 aromatic rings. The molecule has 3 N–H and O–H groups in total. The summed E-state index contributed by atoms with van der Waals surface area (Å²) in [6, 6.07) is 7.68. The van der Waals surface area contributed by atoms with Crippen molar-refractivity contribution < 1.29 is 4.79 Å². The average molecular weight is 216 g/mol. The highest BCUT2D eigenvalue weighted by atomic mass is 16.1. The van der Waals surface area contributed by atoms with E-state index in [4.69, 9.17) is 12.2 Å². The zero-order valence-corrected chi connectivity index (χ0v) is 9.20. The summed E-state index contributed by atoms with van der Waals surface area (Å²) in [6.45, 7) is 0.980. The summed E-state index contributed by atoms with van der Waals surface area (Å²) in [6.07, 6.45) is 6.01. The van der Waals surface area contributed by atoms with E-state index >= 15 is 0 Å². The predicted octanol–water partition coefficient (Wildman–Crippen LogP) is 0.827. The highest BCUT2D eigenvalue weighted by Crippen LogP contribution is 2.08. The summed E-state index contributed by atoms with van der Waals surface area (Å²) >= 11 is 0. The molecular weight excluding hydrogens is 200 g/mol. The Morgan fingerprint density at radius 1 is 1.38 bits per heavy atom. The topological polar surface area (TPSA) is 55.1 Å². The Morgan fingerprint density at radius 3 is 2.69 bits per heavy atom. The minimum Gasteiger partial charge on any atom is -0.355 e. The molecule has 84 valence electrons. The van der Waals surface area contributed by atoms with Gasteiger partial charge in [0.15, 0.2) is 0 Å². The second-order valence-electron chi connectivity index (χ2n) is 3.45. The zero-order chi connectivity index (χ0) is 11.8. The molecule has 0 unspecified atom stereocenters. The van der Waals surface area contributed by atoms with Gasteiger partial charge in [-0.3, -0.25) is 4.79 Å². The van der Waals surface area contributed by atoms with E-state index in [1.54, 1.807) is 0 Å². The smallest absolute Gasteiger partial charge is 0.224 e. The first-order valence-electron chi connectivity index (χ1n) is 5.25. The largest absolute Gasteiger partial charge is 0.355 e. The second kappa shape index (κ2) is 6.65. The average Bonchev–Trinajstić information content (AvgIpc) is 2.30. The van der Waals surface area contributed by atoms with Gasteiger partial charge in [0.05, 0.1) is 6.42 Å². The number of carbonyl (C=O) groups is 1. The quantitative estimate of drug-likeness (QED) is 0.565. The van der Waals surface area contributed by atoms with Crippen LogP contribution in [0.15, 0.2) is 24.3 Å². The molecule has 0 aliphatic carbocycles. The van der Waals surface area contributed by atoms with Gasteiger partial charge in [-0.15, -0.1) is 12.3 Å². The van der Waals surface area contributed by atoms with Crippen LogP contribution in [0, 0.1) is 12.3 Å². The maximum absolute atomic E-state index is 11.5. The predicted molar refractivity (Wildman–Crippen MR) is 64.5 cm³/mol. The van der Waals surface area contributed by atoms with Gasteiger partial charge in [0.1, 0.15) is 0 Å². The van der Waals surface area contributed by atoms with E-state index in [1.807, 2.05) is 24.3 Å². The number of nitrogens with two attached hydrogens (primary N) is 1. The Hall–Kier alpha value is -1.79. The van der Waals surface area contributed by atoms with Crippen molar-refractivity contribution in [1.82, 2.24) is 5.32 Å². The third-order valence-electron chi connectivity index (χ3n) is 2.28. The van der Waals surface area contributed by atoms with Crippen molar-refractivity contribution in [2.24, 2.45) is 5.73 Å². The van der Waals surface area contributed by atoms with Crippen LogP contribution in [0.2, 0.25) is 0 Å². The van der Waals surface area contributed by atoms with Crippen molar-refractivity contribution in [2.75, 3.05) is 6.54 Å². The van der Waals surface area contributed by atoms with E-state index in [0.717, 1.165) is 11.1 Å². The fourth-order valence-corrected chi connectivity index (χ4v) is 1.44. The van der Waals surface area contributed by atoms with Crippen LogP contribution in [0.5, 0.6) is 0 Å². The summed E-state index contributed by atoms with van der Waals surface area (Å²) in [7, 11) is 0. The normalized spacial score (nSPS) is 9.50. The highest BCUT2D eigenvalue weighted by molar-refractivity contribution is 5.78. The van der Waals surface area contributed by atoms with E-state index < -0.39 is 0 Å². The van der Waals surface area contributed by atoms with E-state index in [2.05, 4.69) is 11.2 Å². The lowest BCUT2D eigenvalue weighted by Crippen LogP contribution is -2.26. The molecule has 0 saturated heterocycles. The Balaban J connectivity index is 2.53. The van der Waals surface area contributed by atoms with Gasteiger partial charge in [0.25, 0.3) is 0 Å². The molecule has 0 bridgehead atoms.